The van der Waals surface area contributed by atoms with Crippen LogP contribution in [0.2, 0.25) is 0 Å². The fourth-order valence-corrected chi connectivity index (χ4v) is 1.69. The van der Waals surface area contributed by atoms with Gasteiger partial charge in [-0.1, -0.05) is 67.7 Å². The predicted molar refractivity (Wildman–Crippen MR) is 79.5 cm³/mol. The lowest BCUT2D eigenvalue weighted by Crippen LogP contribution is -2.11. The van der Waals surface area contributed by atoms with Crippen LogP contribution in [-0.2, 0) is 4.74 Å². The quantitative estimate of drug-likeness (QED) is 0.490. The standard InChI is InChI=1S/C15H32O.CH4/c1-6-13(3)9-8-10-15(5)12-16-11-14(4)7-2;/h13-15H,6-12H2,1-5H3;1H4. The van der Waals surface area contributed by atoms with Gasteiger partial charge in [0.05, 0.1) is 0 Å². The average molecular weight is 244 g/mol. The van der Waals surface area contributed by atoms with Crippen LogP contribution in [0.3, 0.4) is 0 Å². The van der Waals surface area contributed by atoms with Gasteiger partial charge in [0.15, 0.2) is 0 Å². The van der Waals surface area contributed by atoms with E-state index in [1.54, 1.807) is 0 Å². The van der Waals surface area contributed by atoms with Gasteiger partial charge in [0.2, 0.25) is 0 Å². The third kappa shape index (κ3) is 12.2. The van der Waals surface area contributed by atoms with Crippen molar-refractivity contribution >= 4 is 0 Å². The minimum atomic E-state index is 0. The van der Waals surface area contributed by atoms with Crippen LogP contribution < -0.4 is 0 Å². The van der Waals surface area contributed by atoms with E-state index in [1.807, 2.05) is 0 Å². The van der Waals surface area contributed by atoms with Crippen molar-refractivity contribution in [2.75, 3.05) is 13.2 Å². The summed E-state index contributed by atoms with van der Waals surface area (Å²) in [5.74, 6) is 2.34. The molecule has 0 aromatic rings. The van der Waals surface area contributed by atoms with Gasteiger partial charge in [0.1, 0.15) is 0 Å². The molecule has 0 heterocycles. The Morgan fingerprint density at radius 1 is 0.765 bits per heavy atom. The van der Waals surface area contributed by atoms with E-state index < -0.39 is 0 Å². The molecule has 0 amide bonds. The van der Waals surface area contributed by atoms with Gasteiger partial charge in [-0.25, -0.2) is 0 Å². The maximum absolute atomic E-state index is 5.73. The van der Waals surface area contributed by atoms with E-state index in [0.29, 0.717) is 5.92 Å². The molecule has 0 bridgehead atoms. The molecule has 0 aliphatic heterocycles. The molecule has 0 aliphatic rings. The summed E-state index contributed by atoms with van der Waals surface area (Å²) in [4.78, 5) is 0. The highest BCUT2D eigenvalue weighted by Crippen LogP contribution is 2.15. The van der Waals surface area contributed by atoms with Crippen molar-refractivity contribution < 1.29 is 4.74 Å². The summed E-state index contributed by atoms with van der Waals surface area (Å²) >= 11 is 0. The Kier molecular flexibility index (Phi) is 14.1. The van der Waals surface area contributed by atoms with Crippen LogP contribution in [0.5, 0.6) is 0 Å². The summed E-state index contributed by atoms with van der Waals surface area (Å²) in [5.41, 5.74) is 0. The molecule has 0 aromatic carbocycles. The van der Waals surface area contributed by atoms with Crippen molar-refractivity contribution in [1.29, 1.82) is 0 Å². The summed E-state index contributed by atoms with van der Waals surface area (Å²) in [7, 11) is 0. The van der Waals surface area contributed by atoms with E-state index in [1.165, 1.54) is 32.1 Å². The highest BCUT2D eigenvalue weighted by atomic mass is 16.5. The van der Waals surface area contributed by atoms with E-state index in [2.05, 4.69) is 34.6 Å². The number of ether oxygens (including phenoxy) is 1. The molecule has 1 nitrogen and oxygen atoms in total. The van der Waals surface area contributed by atoms with E-state index >= 15 is 0 Å². The Balaban J connectivity index is 0. The SMILES string of the molecule is C.CCC(C)CCCC(C)COCC(C)CC. The number of hydrogen-bond acceptors (Lipinski definition) is 1. The molecule has 0 radical (unpaired) electrons. The largest absolute Gasteiger partial charge is 0.381 e. The van der Waals surface area contributed by atoms with Crippen LogP contribution in [-0.4, -0.2) is 13.2 Å². The third-order valence-electron chi connectivity index (χ3n) is 3.59. The lowest BCUT2D eigenvalue weighted by molar-refractivity contribution is 0.0758. The van der Waals surface area contributed by atoms with Crippen LogP contribution >= 0.6 is 0 Å². The molecule has 0 rings (SSSR count). The lowest BCUT2D eigenvalue weighted by atomic mass is 9.97. The first kappa shape index (κ1) is 19.3. The highest BCUT2D eigenvalue weighted by molar-refractivity contribution is 4.56. The molecule has 3 atom stereocenters. The molecule has 0 aromatic heterocycles. The van der Waals surface area contributed by atoms with Crippen molar-refractivity contribution in [3.8, 4) is 0 Å². The second-order valence-corrected chi connectivity index (χ2v) is 5.60. The molecule has 0 N–H and O–H groups in total. The molecule has 106 valence electrons. The van der Waals surface area contributed by atoms with Gasteiger partial charge in [0.25, 0.3) is 0 Å². The van der Waals surface area contributed by atoms with E-state index in [4.69, 9.17) is 4.74 Å². The van der Waals surface area contributed by atoms with Crippen molar-refractivity contribution in [2.24, 2.45) is 17.8 Å². The Morgan fingerprint density at radius 2 is 1.24 bits per heavy atom. The summed E-state index contributed by atoms with van der Waals surface area (Å²) in [6.07, 6.45) is 6.61. The van der Waals surface area contributed by atoms with E-state index in [-0.39, 0.29) is 7.43 Å². The van der Waals surface area contributed by atoms with Gasteiger partial charge in [0, 0.05) is 13.2 Å². The topological polar surface area (TPSA) is 9.23 Å². The van der Waals surface area contributed by atoms with Crippen molar-refractivity contribution in [1.82, 2.24) is 0 Å². The normalized spacial score (nSPS) is 16.1. The molecule has 3 unspecified atom stereocenters. The Labute approximate surface area is 110 Å². The van der Waals surface area contributed by atoms with Gasteiger partial charge in [-0.15, -0.1) is 0 Å². The number of hydrogen-bond donors (Lipinski definition) is 0. The van der Waals surface area contributed by atoms with Gasteiger partial charge < -0.3 is 4.74 Å². The van der Waals surface area contributed by atoms with E-state index in [0.717, 1.165) is 25.0 Å². The first-order valence-electron chi connectivity index (χ1n) is 7.17. The first-order chi connectivity index (χ1) is 7.60. The molecule has 0 saturated heterocycles. The minimum Gasteiger partial charge on any atom is -0.381 e. The third-order valence-corrected chi connectivity index (χ3v) is 3.59. The first-order valence-corrected chi connectivity index (χ1v) is 7.17. The summed E-state index contributed by atoms with van der Waals surface area (Å²) < 4.78 is 5.73. The molecular weight excluding hydrogens is 208 g/mol. The fourth-order valence-electron chi connectivity index (χ4n) is 1.69. The van der Waals surface area contributed by atoms with Crippen LogP contribution in [0.1, 0.15) is 74.1 Å². The van der Waals surface area contributed by atoms with Gasteiger partial charge in [-0.05, 0) is 24.2 Å². The summed E-state index contributed by atoms with van der Waals surface area (Å²) in [6.45, 7) is 13.3. The zero-order valence-electron chi connectivity index (χ0n) is 12.1. The van der Waals surface area contributed by atoms with Crippen molar-refractivity contribution in [3.63, 3.8) is 0 Å². The van der Waals surface area contributed by atoms with Crippen LogP contribution in [0.25, 0.3) is 0 Å². The number of rotatable bonds is 10. The molecule has 1 heteroatoms. The van der Waals surface area contributed by atoms with Gasteiger partial charge >= 0.3 is 0 Å². The van der Waals surface area contributed by atoms with Gasteiger partial charge in [-0.2, -0.15) is 0 Å². The maximum Gasteiger partial charge on any atom is 0.0491 e. The summed E-state index contributed by atoms with van der Waals surface area (Å²) in [5, 5.41) is 0. The van der Waals surface area contributed by atoms with Crippen LogP contribution in [0.15, 0.2) is 0 Å². The Hall–Kier alpha value is -0.0400. The second-order valence-electron chi connectivity index (χ2n) is 5.60. The zero-order valence-corrected chi connectivity index (χ0v) is 12.1. The van der Waals surface area contributed by atoms with Crippen molar-refractivity contribution in [3.05, 3.63) is 0 Å². The maximum atomic E-state index is 5.73. The van der Waals surface area contributed by atoms with Crippen LogP contribution in [0, 0.1) is 17.8 Å². The Bertz CT molecular complexity index is 128. The highest BCUT2D eigenvalue weighted by Gasteiger charge is 2.05. The summed E-state index contributed by atoms with van der Waals surface area (Å²) in [6, 6.07) is 0. The molecular formula is C16H36O. The lowest BCUT2D eigenvalue weighted by Gasteiger charge is -2.15. The second kappa shape index (κ2) is 12.4. The Morgan fingerprint density at radius 3 is 1.76 bits per heavy atom. The molecule has 0 spiro atoms. The minimum absolute atomic E-state index is 0. The smallest absolute Gasteiger partial charge is 0.0491 e. The van der Waals surface area contributed by atoms with Gasteiger partial charge in [-0.3, -0.25) is 0 Å². The average Bonchev–Trinajstić information content (AvgIpc) is 2.28. The fraction of sp³-hybridized carbons (Fsp3) is 1.00. The molecule has 0 saturated carbocycles. The van der Waals surface area contributed by atoms with Crippen LogP contribution in [0.4, 0.5) is 0 Å². The molecule has 0 aliphatic carbocycles. The monoisotopic (exact) mass is 244 g/mol. The molecule has 0 fully saturated rings. The zero-order chi connectivity index (χ0) is 12.4. The predicted octanol–water partition coefficient (Wildman–Crippen LogP) is 5.54. The molecule has 17 heavy (non-hydrogen) atoms. The van der Waals surface area contributed by atoms with E-state index in [9.17, 15) is 0 Å². The van der Waals surface area contributed by atoms with Crippen molar-refractivity contribution in [2.45, 2.75) is 74.1 Å².